The Morgan fingerprint density at radius 3 is 2.89 bits per heavy atom. The Morgan fingerprint density at radius 1 is 1.39 bits per heavy atom. The lowest BCUT2D eigenvalue weighted by molar-refractivity contribution is 0.0760. The molecule has 2 rings (SSSR count). The van der Waals surface area contributed by atoms with Gasteiger partial charge < -0.3 is 10.0 Å². The minimum Gasteiger partial charge on any atom is -0.506 e. The van der Waals surface area contributed by atoms with Gasteiger partial charge in [-0.3, -0.25) is 4.79 Å². The van der Waals surface area contributed by atoms with Crippen LogP contribution in [0.4, 0.5) is 0 Å². The average molecular weight is 268 g/mol. The summed E-state index contributed by atoms with van der Waals surface area (Å²) < 4.78 is 0. The fraction of sp³-hybridized carbons (Fsp3) is 0.500. The molecule has 0 spiro atoms. The molecule has 1 heterocycles. The van der Waals surface area contributed by atoms with Crippen molar-refractivity contribution in [1.29, 1.82) is 0 Å². The molecule has 0 radical (unpaired) electrons. The van der Waals surface area contributed by atoms with Gasteiger partial charge in [0.25, 0.3) is 5.91 Å². The van der Waals surface area contributed by atoms with Crippen LogP contribution in [0.1, 0.15) is 36.5 Å². The lowest BCUT2D eigenvalue weighted by Crippen LogP contribution is -2.31. The number of phenolic OH excluding ortho intramolecular Hbond substituents is 1. The van der Waals surface area contributed by atoms with Crippen molar-refractivity contribution in [3.05, 3.63) is 28.8 Å². The summed E-state index contributed by atoms with van der Waals surface area (Å²) in [6.45, 7) is 3.84. The number of likely N-dealkylation sites (tertiary alicyclic amines) is 1. The van der Waals surface area contributed by atoms with Crippen molar-refractivity contribution in [3.8, 4) is 5.75 Å². The van der Waals surface area contributed by atoms with E-state index < -0.39 is 0 Å². The van der Waals surface area contributed by atoms with Crippen LogP contribution in [-0.2, 0) is 0 Å². The molecule has 1 aromatic rings. The van der Waals surface area contributed by atoms with Gasteiger partial charge in [0.2, 0.25) is 0 Å². The number of amides is 1. The van der Waals surface area contributed by atoms with Crippen molar-refractivity contribution in [3.63, 3.8) is 0 Å². The topological polar surface area (TPSA) is 40.5 Å². The highest BCUT2D eigenvalue weighted by atomic mass is 35.5. The van der Waals surface area contributed by atoms with Crippen LogP contribution in [0.25, 0.3) is 0 Å². The standard InChI is InChI=1S/C14H18ClNO2/c1-10-3-2-7-16(8-6-10)14(18)11-4-5-13(17)12(15)9-11/h4-5,9-10,17H,2-3,6-8H2,1H3. The Hall–Kier alpha value is -1.22. The number of rotatable bonds is 1. The van der Waals surface area contributed by atoms with Crippen LogP contribution in [0.3, 0.4) is 0 Å². The number of phenols is 1. The molecule has 1 unspecified atom stereocenters. The largest absolute Gasteiger partial charge is 0.506 e. The highest BCUT2D eigenvalue weighted by molar-refractivity contribution is 6.32. The number of aromatic hydroxyl groups is 1. The normalized spacial score (nSPS) is 20.6. The van der Waals surface area contributed by atoms with Crippen LogP contribution < -0.4 is 0 Å². The summed E-state index contributed by atoms with van der Waals surface area (Å²) in [7, 11) is 0. The molecule has 1 aliphatic rings. The van der Waals surface area contributed by atoms with E-state index in [9.17, 15) is 9.90 Å². The Kier molecular flexibility index (Phi) is 4.12. The van der Waals surface area contributed by atoms with E-state index in [1.165, 1.54) is 18.6 Å². The van der Waals surface area contributed by atoms with Crippen molar-refractivity contribution in [2.45, 2.75) is 26.2 Å². The Morgan fingerprint density at radius 2 is 2.17 bits per heavy atom. The van der Waals surface area contributed by atoms with Gasteiger partial charge in [-0.2, -0.15) is 0 Å². The first-order valence-corrected chi connectivity index (χ1v) is 6.73. The van der Waals surface area contributed by atoms with Gasteiger partial charge in [0.1, 0.15) is 5.75 Å². The maximum Gasteiger partial charge on any atom is 0.253 e. The molecule has 0 aromatic heterocycles. The first-order chi connectivity index (χ1) is 8.58. The number of nitrogens with zero attached hydrogens (tertiary/aromatic N) is 1. The number of hydrogen-bond donors (Lipinski definition) is 1. The van der Waals surface area contributed by atoms with Gasteiger partial charge in [-0.1, -0.05) is 18.5 Å². The minimum absolute atomic E-state index is 0.00556. The monoisotopic (exact) mass is 267 g/mol. The molecule has 3 nitrogen and oxygen atoms in total. The second-order valence-corrected chi connectivity index (χ2v) is 5.40. The zero-order chi connectivity index (χ0) is 13.1. The molecular weight excluding hydrogens is 250 g/mol. The molecule has 1 N–H and O–H groups in total. The molecule has 4 heteroatoms. The zero-order valence-electron chi connectivity index (χ0n) is 10.5. The number of benzene rings is 1. The molecule has 18 heavy (non-hydrogen) atoms. The van der Waals surface area contributed by atoms with Crippen molar-refractivity contribution < 1.29 is 9.90 Å². The van der Waals surface area contributed by atoms with E-state index in [1.807, 2.05) is 4.90 Å². The summed E-state index contributed by atoms with van der Waals surface area (Å²) in [5.41, 5.74) is 0.548. The van der Waals surface area contributed by atoms with E-state index in [1.54, 1.807) is 6.07 Å². The SMILES string of the molecule is CC1CCCN(C(=O)c2ccc(O)c(Cl)c2)CC1. The van der Waals surface area contributed by atoms with E-state index in [-0.39, 0.29) is 16.7 Å². The molecular formula is C14H18ClNO2. The fourth-order valence-corrected chi connectivity index (χ4v) is 2.47. The van der Waals surface area contributed by atoms with Crippen LogP contribution in [0.15, 0.2) is 18.2 Å². The molecule has 1 saturated heterocycles. The predicted octanol–water partition coefficient (Wildman–Crippen LogP) is 3.31. The van der Waals surface area contributed by atoms with E-state index in [0.29, 0.717) is 11.5 Å². The first-order valence-electron chi connectivity index (χ1n) is 6.35. The maximum absolute atomic E-state index is 12.3. The Balaban J connectivity index is 2.12. The summed E-state index contributed by atoms with van der Waals surface area (Å²) in [4.78, 5) is 14.2. The van der Waals surface area contributed by atoms with Gasteiger partial charge in [-0.05, 0) is 43.4 Å². The number of carbonyl (C=O) groups is 1. The molecule has 1 fully saturated rings. The third-order valence-corrected chi connectivity index (χ3v) is 3.80. The van der Waals surface area contributed by atoms with E-state index in [4.69, 9.17) is 11.6 Å². The Bertz CT molecular complexity index is 447. The lowest BCUT2D eigenvalue weighted by atomic mass is 10.0. The molecule has 1 aromatic carbocycles. The number of halogens is 1. The van der Waals surface area contributed by atoms with Crippen molar-refractivity contribution >= 4 is 17.5 Å². The summed E-state index contributed by atoms with van der Waals surface area (Å²) in [5, 5.41) is 9.58. The summed E-state index contributed by atoms with van der Waals surface area (Å²) in [5.74, 6) is 0.704. The molecule has 1 atom stereocenters. The zero-order valence-corrected chi connectivity index (χ0v) is 11.3. The maximum atomic E-state index is 12.3. The van der Waals surface area contributed by atoms with E-state index in [0.717, 1.165) is 25.9 Å². The van der Waals surface area contributed by atoms with Crippen LogP contribution in [0.2, 0.25) is 5.02 Å². The van der Waals surface area contributed by atoms with Crippen molar-refractivity contribution in [2.24, 2.45) is 5.92 Å². The van der Waals surface area contributed by atoms with E-state index in [2.05, 4.69) is 6.92 Å². The highest BCUT2D eigenvalue weighted by Gasteiger charge is 2.20. The molecule has 98 valence electrons. The summed E-state index contributed by atoms with van der Waals surface area (Å²) >= 11 is 5.83. The van der Waals surface area contributed by atoms with Crippen LogP contribution in [0.5, 0.6) is 5.75 Å². The number of hydrogen-bond acceptors (Lipinski definition) is 2. The van der Waals surface area contributed by atoms with Crippen LogP contribution in [0, 0.1) is 5.92 Å². The van der Waals surface area contributed by atoms with Crippen molar-refractivity contribution in [2.75, 3.05) is 13.1 Å². The first kappa shape index (κ1) is 13.2. The molecule has 0 aliphatic carbocycles. The summed E-state index contributed by atoms with van der Waals surface area (Å²) in [6.07, 6.45) is 3.29. The average Bonchev–Trinajstić information content (AvgIpc) is 2.57. The van der Waals surface area contributed by atoms with E-state index >= 15 is 0 Å². The smallest absolute Gasteiger partial charge is 0.253 e. The second kappa shape index (κ2) is 5.61. The number of carbonyl (C=O) groups excluding carboxylic acids is 1. The molecule has 0 bridgehead atoms. The molecule has 1 amide bonds. The third-order valence-electron chi connectivity index (χ3n) is 3.50. The minimum atomic E-state index is 0.00556. The van der Waals surface area contributed by atoms with Crippen molar-refractivity contribution in [1.82, 2.24) is 4.90 Å². The van der Waals surface area contributed by atoms with Crippen LogP contribution >= 0.6 is 11.6 Å². The molecule has 1 aliphatic heterocycles. The second-order valence-electron chi connectivity index (χ2n) is 4.99. The Labute approximate surface area is 112 Å². The van der Waals surface area contributed by atoms with Gasteiger partial charge in [0.05, 0.1) is 5.02 Å². The van der Waals surface area contributed by atoms with Gasteiger partial charge in [0, 0.05) is 18.7 Å². The predicted molar refractivity (Wildman–Crippen MR) is 72.0 cm³/mol. The van der Waals surface area contributed by atoms with Gasteiger partial charge in [-0.25, -0.2) is 0 Å². The third kappa shape index (κ3) is 2.96. The van der Waals surface area contributed by atoms with Gasteiger partial charge >= 0.3 is 0 Å². The van der Waals surface area contributed by atoms with Gasteiger partial charge in [0.15, 0.2) is 0 Å². The lowest BCUT2D eigenvalue weighted by Gasteiger charge is -2.20. The highest BCUT2D eigenvalue weighted by Crippen LogP contribution is 2.25. The molecule has 0 saturated carbocycles. The fourth-order valence-electron chi connectivity index (χ4n) is 2.29. The summed E-state index contributed by atoms with van der Waals surface area (Å²) in [6, 6.07) is 4.63. The van der Waals surface area contributed by atoms with Crippen LogP contribution in [-0.4, -0.2) is 29.0 Å². The van der Waals surface area contributed by atoms with Gasteiger partial charge in [-0.15, -0.1) is 0 Å². The quantitative estimate of drug-likeness (QED) is 0.848.